The Morgan fingerprint density at radius 2 is 1.86 bits per heavy atom. The second-order valence-electron chi connectivity index (χ2n) is 8.26. The molecule has 6 unspecified atom stereocenters. The van der Waals surface area contributed by atoms with Gasteiger partial charge in [0, 0.05) is 29.6 Å². The van der Waals surface area contributed by atoms with Gasteiger partial charge in [-0.25, -0.2) is 0 Å². The number of hydrogen-bond donors (Lipinski definition) is 0. The smallest absolute Gasteiger partial charge is 0.306 e. The Balaban J connectivity index is 1.48. The molecule has 0 aromatic rings. The number of ketones is 2. The van der Waals surface area contributed by atoms with Crippen LogP contribution in [0.15, 0.2) is 12.2 Å². The molecule has 4 aliphatic rings. The van der Waals surface area contributed by atoms with E-state index in [2.05, 4.69) is 0 Å². The summed E-state index contributed by atoms with van der Waals surface area (Å²) < 4.78 is 5.36. The largest absolute Gasteiger partial charge is 0.460 e. The van der Waals surface area contributed by atoms with Crippen LogP contribution in [0.25, 0.3) is 0 Å². The lowest BCUT2D eigenvalue weighted by atomic mass is 9.66. The lowest BCUT2D eigenvalue weighted by Crippen LogP contribution is -2.44. The Kier molecular flexibility index (Phi) is 2.63. The van der Waals surface area contributed by atoms with Crippen LogP contribution in [-0.2, 0) is 19.1 Å². The van der Waals surface area contributed by atoms with E-state index in [0.29, 0.717) is 12.8 Å². The highest BCUT2D eigenvalue weighted by molar-refractivity contribution is 6.11. The molecule has 22 heavy (non-hydrogen) atoms. The highest BCUT2D eigenvalue weighted by atomic mass is 16.6. The molecule has 6 atom stereocenters. The van der Waals surface area contributed by atoms with Crippen molar-refractivity contribution < 1.29 is 19.1 Å². The predicted octanol–water partition coefficient (Wildman–Crippen LogP) is 2.31. The van der Waals surface area contributed by atoms with E-state index in [4.69, 9.17) is 4.74 Å². The number of fused-ring (bicyclic) bond motifs is 2. The summed E-state index contributed by atoms with van der Waals surface area (Å²) in [4.78, 5) is 37.4. The first kappa shape index (κ1) is 14.2. The SMILES string of the molecule is CC(C)(C)OC(=O)CC1C2C3C(=O)C4CC=CCC4C(=O)C132. The average molecular weight is 302 g/mol. The topological polar surface area (TPSA) is 60.4 Å². The zero-order valence-corrected chi connectivity index (χ0v) is 13.3. The van der Waals surface area contributed by atoms with Crippen LogP contribution in [0.1, 0.15) is 40.0 Å². The monoisotopic (exact) mass is 302 g/mol. The quantitative estimate of drug-likeness (QED) is 0.580. The average Bonchev–Trinajstić information content (AvgIpc) is 3.28. The van der Waals surface area contributed by atoms with Gasteiger partial charge < -0.3 is 4.74 Å². The van der Waals surface area contributed by atoms with Gasteiger partial charge in [-0.2, -0.15) is 0 Å². The second kappa shape index (κ2) is 4.09. The van der Waals surface area contributed by atoms with Crippen molar-refractivity contribution in [2.24, 2.45) is 35.0 Å². The molecule has 4 rings (SSSR count). The molecule has 0 N–H and O–H groups in total. The second-order valence-corrected chi connectivity index (χ2v) is 8.26. The molecule has 4 aliphatic carbocycles. The Morgan fingerprint density at radius 3 is 2.50 bits per heavy atom. The lowest BCUT2D eigenvalue weighted by Gasteiger charge is -2.35. The van der Waals surface area contributed by atoms with Crippen LogP contribution in [0, 0.1) is 35.0 Å². The van der Waals surface area contributed by atoms with Gasteiger partial charge in [-0.05, 0) is 45.4 Å². The van der Waals surface area contributed by atoms with Crippen molar-refractivity contribution in [3.05, 3.63) is 12.2 Å². The van der Waals surface area contributed by atoms with E-state index < -0.39 is 11.0 Å². The first-order valence-corrected chi connectivity index (χ1v) is 8.23. The predicted molar refractivity (Wildman–Crippen MR) is 78.7 cm³/mol. The van der Waals surface area contributed by atoms with Gasteiger partial charge in [-0.15, -0.1) is 0 Å². The van der Waals surface area contributed by atoms with E-state index in [-0.39, 0.29) is 53.5 Å². The fourth-order valence-electron chi connectivity index (χ4n) is 5.03. The molecule has 0 saturated heterocycles. The summed E-state index contributed by atoms with van der Waals surface area (Å²) in [7, 11) is 0. The summed E-state index contributed by atoms with van der Waals surface area (Å²) in [5.74, 6) is 0.153. The summed E-state index contributed by atoms with van der Waals surface area (Å²) in [6.07, 6.45) is 5.73. The van der Waals surface area contributed by atoms with E-state index in [1.165, 1.54) is 0 Å². The molecule has 3 saturated carbocycles. The van der Waals surface area contributed by atoms with Crippen LogP contribution in [0.5, 0.6) is 0 Å². The van der Waals surface area contributed by atoms with E-state index >= 15 is 0 Å². The van der Waals surface area contributed by atoms with Gasteiger partial charge in [-0.3, -0.25) is 14.4 Å². The fraction of sp³-hybridized carbons (Fsp3) is 0.722. The van der Waals surface area contributed by atoms with Crippen LogP contribution in [-0.4, -0.2) is 23.1 Å². The molecule has 0 heterocycles. The number of esters is 1. The molecule has 4 heteroatoms. The first-order chi connectivity index (χ1) is 10.3. The maximum Gasteiger partial charge on any atom is 0.306 e. The third-order valence-corrected chi connectivity index (χ3v) is 5.93. The molecular weight excluding hydrogens is 280 g/mol. The summed E-state index contributed by atoms with van der Waals surface area (Å²) in [5, 5.41) is 0. The third kappa shape index (κ3) is 1.67. The zero-order valence-electron chi connectivity index (χ0n) is 13.3. The van der Waals surface area contributed by atoms with E-state index in [9.17, 15) is 14.4 Å². The van der Waals surface area contributed by atoms with Crippen molar-refractivity contribution in [3.63, 3.8) is 0 Å². The number of allylic oxidation sites excluding steroid dienone is 2. The van der Waals surface area contributed by atoms with Crippen LogP contribution >= 0.6 is 0 Å². The number of Topliss-reactive ketones (excluding diaryl/α,β-unsaturated/α-hetero) is 2. The minimum Gasteiger partial charge on any atom is -0.460 e. The first-order valence-electron chi connectivity index (χ1n) is 8.23. The van der Waals surface area contributed by atoms with Crippen molar-refractivity contribution in [3.8, 4) is 0 Å². The number of carbonyl (C=O) groups is 3. The fourth-order valence-corrected chi connectivity index (χ4v) is 5.03. The van der Waals surface area contributed by atoms with Crippen molar-refractivity contribution in [1.82, 2.24) is 0 Å². The molecule has 1 spiro atoms. The van der Waals surface area contributed by atoms with Crippen LogP contribution in [0.4, 0.5) is 0 Å². The van der Waals surface area contributed by atoms with Crippen molar-refractivity contribution >= 4 is 17.5 Å². The highest BCUT2D eigenvalue weighted by Gasteiger charge is 2.93. The summed E-state index contributed by atoms with van der Waals surface area (Å²) in [5.41, 5.74) is -0.973. The lowest BCUT2D eigenvalue weighted by molar-refractivity contribution is -0.157. The highest BCUT2D eigenvalue weighted by Crippen LogP contribution is 2.88. The summed E-state index contributed by atoms with van der Waals surface area (Å²) >= 11 is 0. The number of carbonyl (C=O) groups excluding carboxylic acids is 3. The zero-order chi connectivity index (χ0) is 15.9. The molecule has 0 amide bonds. The number of rotatable bonds is 2. The number of ether oxygens (including phenoxy) is 1. The van der Waals surface area contributed by atoms with Crippen LogP contribution in [0.3, 0.4) is 0 Å². The molecule has 0 aromatic heterocycles. The molecule has 0 aliphatic heterocycles. The van der Waals surface area contributed by atoms with Crippen molar-refractivity contribution in [2.45, 2.75) is 45.6 Å². The normalized spacial score (nSPS) is 44.8. The Morgan fingerprint density at radius 1 is 1.23 bits per heavy atom. The summed E-state index contributed by atoms with van der Waals surface area (Å²) in [6.45, 7) is 5.52. The van der Waals surface area contributed by atoms with Gasteiger partial charge in [0.2, 0.25) is 0 Å². The molecule has 0 radical (unpaired) electrons. The van der Waals surface area contributed by atoms with E-state index in [1.807, 2.05) is 32.9 Å². The summed E-state index contributed by atoms with van der Waals surface area (Å²) in [6, 6.07) is 0. The Hall–Kier alpha value is -1.45. The molecule has 3 fully saturated rings. The molecular formula is C18H22O4. The van der Waals surface area contributed by atoms with Gasteiger partial charge in [0.15, 0.2) is 0 Å². The van der Waals surface area contributed by atoms with Gasteiger partial charge in [-0.1, -0.05) is 12.2 Å². The third-order valence-electron chi connectivity index (χ3n) is 5.93. The van der Waals surface area contributed by atoms with E-state index in [0.717, 1.165) is 0 Å². The van der Waals surface area contributed by atoms with Crippen molar-refractivity contribution in [2.75, 3.05) is 0 Å². The van der Waals surface area contributed by atoms with Gasteiger partial charge in [0.25, 0.3) is 0 Å². The Labute approximate surface area is 130 Å². The van der Waals surface area contributed by atoms with Crippen LogP contribution in [0.2, 0.25) is 0 Å². The molecule has 4 nitrogen and oxygen atoms in total. The Bertz CT molecular complexity index is 611. The van der Waals surface area contributed by atoms with Crippen LogP contribution < -0.4 is 0 Å². The minimum absolute atomic E-state index is 0.0515. The maximum absolute atomic E-state index is 12.8. The molecule has 0 aromatic carbocycles. The van der Waals surface area contributed by atoms with Gasteiger partial charge in [0.05, 0.1) is 0 Å². The standard InChI is InChI=1S/C18H22O4/c1-17(2,3)22-12(19)8-11-13-14-15(20)9-6-4-5-7-10(9)16(21)18(11,13)14/h4-5,9-11,13-14H,6-8H2,1-3H3. The van der Waals surface area contributed by atoms with Crippen molar-refractivity contribution in [1.29, 1.82) is 0 Å². The number of hydrogen-bond acceptors (Lipinski definition) is 4. The van der Waals surface area contributed by atoms with Gasteiger partial charge in [0.1, 0.15) is 17.2 Å². The van der Waals surface area contributed by atoms with E-state index in [1.54, 1.807) is 0 Å². The molecule has 0 bridgehead atoms. The minimum atomic E-state index is -0.501. The maximum atomic E-state index is 12.8. The van der Waals surface area contributed by atoms with Gasteiger partial charge >= 0.3 is 5.97 Å². The molecule has 118 valence electrons.